The van der Waals surface area contributed by atoms with Gasteiger partial charge in [-0.3, -0.25) is 9.36 Å². The lowest BCUT2D eigenvalue weighted by atomic mass is 10.0. The topological polar surface area (TPSA) is 108 Å². The second kappa shape index (κ2) is 47.3. The van der Waals surface area contributed by atoms with Crippen LogP contribution in [0.1, 0.15) is 239 Å². The van der Waals surface area contributed by atoms with Gasteiger partial charge in [0.1, 0.15) is 13.2 Å². The Morgan fingerprint density at radius 3 is 1.37 bits per heavy atom. The summed E-state index contributed by atoms with van der Waals surface area (Å²) >= 11 is 0. The summed E-state index contributed by atoms with van der Waals surface area (Å²) in [5, 5.41) is 13.8. The fourth-order valence-electron chi connectivity index (χ4n) is 7.73. The van der Waals surface area contributed by atoms with Gasteiger partial charge in [0, 0.05) is 6.42 Å². The van der Waals surface area contributed by atoms with Crippen LogP contribution in [-0.2, 0) is 18.4 Å². The van der Waals surface area contributed by atoms with E-state index in [0.29, 0.717) is 17.4 Å². The number of hydrogen-bond acceptors (Lipinski definition) is 6. The highest BCUT2D eigenvalue weighted by Crippen LogP contribution is 2.38. The first-order chi connectivity index (χ1) is 31.5. The molecule has 0 saturated carbocycles. The van der Waals surface area contributed by atoms with Crippen LogP contribution < -0.4 is 10.2 Å². The fourth-order valence-corrected chi connectivity index (χ4v) is 8.46. The molecule has 0 saturated heterocycles. The minimum Gasteiger partial charge on any atom is -0.756 e. The zero-order valence-corrected chi connectivity index (χ0v) is 44.1. The van der Waals surface area contributed by atoms with Crippen molar-refractivity contribution in [3.63, 3.8) is 0 Å². The normalized spacial score (nSPS) is 14.5. The second-order valence-corrected chi connectivity index (χ2v) is 21.0. The van der Waals surface area contributed by atoms with Gasteiger partial charge in [-0.2, -0.15) is 0 Å². The van der Waals surface area contributed by atoms with E-state index in [1.807, 2.05) is 27.2 Å². The first kappa shape index (κ1) is 63.2. The van der Waals surface area contributed by atoms with Crippen molar-refractivity contribution < 1.29 is 32.9 Å². The van der Waals surface area contributed by atoms with E-state index in [1.54, 1.807) is 6.08 Å². The van der Waals surface area contributed by atoms with Gasteiger partial charge in [-0.25, -0.2) is 0 Å². The number of likely N-dealkylation sites (N-methyl/N-ethyl adjacent to an activating group) is 1. The van der Waals surface area contributed by atoms with E-state index >= 15 is 0 Å². The summed E-state index contributed by atoms with van der Waals surface area (Å²) in [5.74, 6) is -0.238. The molecule has 0 heterocycles. The molecule has 3 atom stereocenters. The molecule has 0 aromatic heterocycles. The number of amides is 1. The quantitative estimate of drug-likeness (QED) is 0.0272. The highest BCUT2D eigenvalue weighted by Gasteiger charge is 2.23. The van der Waals surface area contributed by atoms with Crippen LogP contribution in [-0.4, -0.2) is 68.5 Å². The molecular formula is C56H105N2O6P. The number of hydrogen-bond donors (Lipinski definition) is 2. The summed E-state index contributed by atoms with van der Waals surface area (Å²) < 4.78 is 23.3. The number of phosphoric ester groups is 1. The third-order valence-corrected chi connectivity index (χ3v) is 12.9. The third-order valence-electron chi connectivity index (χ3n) is 12.0. The van der Waals surface area contributed by atoms with Crippen LogP contribution in [0.5, 0.6) is 0 Å². The van der Waals surface area contributed by atoms with Crippen LogP contribution in [0.15, 0.2) is 60.8 Å². The number of rotatable bonds is 49. The highest BCUT2D eigenvalue weighted by atomic mass is 31.2. The van der Waals surface area contributed by atoms with Crippen molar-refractivity contribution >= 4 is 13.7 Å². The van der Waals surface area contributed by atoms with Gasteiger partial charge in [-0.05, 0) is 57.8 Å². The average Bonchev–Trinajstić information content (AvgIpc) is 3.26. The number of unbranched alkanes of at least 4 members (excludes halogenated alkanes) is 28. The van der Waals surface area contributed by atoms with E-state index < -0.39 is 26.6 Å². The van der Waals surface area contributed by atoms with Crippen molar-refractivity contribution in [1.29, 1.82) is 0 Å². The van der Waals surface area contributed by atoms with E-state index in [4.69, 9.17) is 9.05 Å². The minimum absolute atomic E-state index is 0.0112. The first-order valence-electron chi connectivity index (χ1n) is 27.2. The van der Waals surface area contributed by atoms with Gasteiger partial charge in [0.05, 0.1) is 39.9 Å². The Balaban J connectivity index is 4.22. The molecule has 2 N–H and O–H groups in total. The molecule has 9 heteroatoms. The number of nitrogens with one attached hydrogen (secondary N) is 1. The summed E-state index contributed by atoms with van der Waals surface area (Å²) in [6, 6.07) is -0.911. The second-order valence-electron chi connectivity index (χ2n) is 19.6. The Kier molecular flexibility index (Phi) is 46.0. The predicted molar refractivity (Wildman–Crippen MR) is 279 cm³/mol. The summed E-state index contributed by atoms with van der Waals surface area (Å²) in [5.41, 5.74) is 0. The molecule has 0 aliphatic heterocycles. The van der Waals surface area contributed by atoms with Gasteiger partial charge in [0.25, 0.3) is 7.82 Å². The lowest BCUT2D eigenvalue weighted by Gasteiger charge is -2.29. The molecule has 0 radical (unpaired) electrons. The Bertz CT molecular complexity index is 1240. The number of phosphoric acid groups is 1. The minimum atomic E-state index is -4.61. The molecule has 65 heavy (non-hydrogen) atoms. The SMILES string of the molecule is CC/C=C\C/C=C\C/C=C\C/C=C\CCCCC(=O)NC(COP(=O)([O-])OCC[N+](C)(C)C)C(O)/C=C/CCCCCCCCCCCCCCCCCCCCCCCCCCCC. The third kappa shape index (κ3) is 49.9. The van der Waals surface area contributed by atoms with Crippen LogP contribution in [0, 0.1) is 0 Å². The smallest absolute Gasteiger partial charge is 0.268 e. The van der Waals surface area contributed by atoms with E-state index in [1.165, 1.54) is 154 Å². The maximum Gasteiger partial charge on any atom is 0.268 e. The van der Waals surface area contributed by atoms with E-state index in [9.17, 15) is 19.4 Å². The van der Waals surface area contributed by atoms with Crippen LogP contribution in [0.25, 0.3) is 0 Å². The Labute approximate surface area is 402 Å². The number of carbonyl (C=O) groups is 1. The zero-order chi connectivity index (χ0) is 47.8. The molecule has 0 aliphatic rings. The van der Waals surface area contributed by atoms with Crippen molar-refractivity contribution in [2.24, 2.45) is 0 Å². The summed E-state index contributed by atoms with van der Waals surface area (Å²) in [4.78, 5) is 25.4. The van der Waals surface area contributed by atoms with Gasteiger partial charge < -0.3 is 28.8 Å². The van der Waals surface area contributed by atoms with Crippen molar-refractivity contribution in [2.45, 2.75) is 251 Å². The summed E-state index contributed by atoms with van der Waals surface area (Å²) in [7, 11) is 1.23. The van der Waals surface area contributed by atoms with Gasteiger partial charge in [0.2, 0.25) is 5.91 Å². The zero-order valence-electron chi connectivity index (χ0n) is 43.2. The average molecular weight is 933 g/mol. The molecule has 380 valence electrons. The molecule has 0 bridgehead atoms. The number of quaternary nitrogens is 1. The monoisotopic (exact) mass is 933 g/mol. The maximum atomic E-state index is 12.9. The molecule has 0 fully saturated rings. The summed E-state index contributed by atoms with van der Waals surface area (Å²) in [6.07, 6.45) is 63.1. The van der Waals surface area contributed by atoms with Crippen molar-refractivity contribution in [3.8, 4) is 0 Å². The van der Waals surface area contributed by atoms with E-state index in [-0.39, 0.29) is 18.9 Å². The van der Waals surface area contributed by atoms with Gasteiger partial charge in [0.15, 0.2) is 0 Å². The molecule has 1 amide bonds. The lowest BCUT2D eigenvalue weighted by molar-refractivity contribution is -0.870. The van der Waals surface area contributed by atoms with Crippen molar-refractivity contribution in [3.05, 3.63) is 60.8 Å². The van der Waals surface area contributed by atoms with Crippen LogP contribution >= 0.6 is 7.82 Å². The Hall–Kier alpha value is -1.80. The predicted octanol–water partition coefficient (Wildman–Crippen LogP) is 15.5. The van der Waals surface area contributed by atoms with Crippen molar-refractivity contribution in [2.75, 3.05) is 40.9 Å². The van der Waals surface area contributed by atoms with E-state index in [0.717, 1.165) is 57.8 Å². The van der Waals surface area contributed by atoms with Crippen LogP contribution in [0.4, 0.5) is 0 Å². The molecule has 0 spiro atoms. The number of carbonyl (C=O) groups excluding carboxylic acids is 1. The molecule has 3 unspecified atom stereocenters. The fraction of sp³-hybridized carbons (Fsp3) is 0.804. The van der Waals surface area contributed by atoms with Gasteiger partial charge in [-0.1, -0.05) is 235 Å². The van der Waals surface area contributed by atoms with Crippen LogP contribution in [0.2, 0.25) is 0 Å². The number of nitrogens with zero attached hydrogens (tertiary/aromatic N) is 1. The van der Waals surface area contributed by atoms with Gasteiger partial charge >= 0.3 is 0 Å². The largest absolute Gasteiger partial charge is 0.756 e. The molecular weight excluding hydrogens is 828 g/mol. The molecule has 0 aromatic rings. The number of aliphatic hydroxyl groups is 1. The standard InChI is InChI=1S/C56H105N2O6P/c1-6-8-10-12-14-16-18-20-22-23-24-25-26-27-28-29-30-31-32-33-34-36-37-39-41-43-45-47-49-55(59)54(53-64-65(61,62)63-52-51-58(3,4)5)57-56(60)50-48-46-44-42-40-38-35-21-19-17-15-13-11-9-7-2/h9,11,15,17,21,35,40,42,47,49,54-55,59H,6-8,10,12-14,16,18-20,22-34,36-39,41,43-46,48,50-53H2,1-5H3,(H-,57,60,61,62)/b11-9-,17-15-,35-21-,42-40-,49-47+. The first-order valence-corrected chi connectivity index (χ1v) is 28.6. The number of allylic oxidation sites excluding steroid dienone is 9. The molecule has 8 nitrogen and oxygen atoms in total. The maximum absolute atomic E-state index is 12.9. The van der Waals surface area contributed by atoms with Crippen LogP contribution in [0.3, 0.4) is 0 Å². The van der Waals surface area contributed by atoms with Crippen molar-refractivity contribution in [1.82, 2.24) is 5.32 Å². The highest BCUT2D eigenvalue weighted by molar-refractivity contribution is 7.45. The Morgan fingerprint density at radius 2 is 0.938 bits per heavy atom. The molecule has 0 rings (SSSR count). The van der Waals surface area contributed by atoms with E-state index in [2.05, 4.69) is 67.8 Å². The van der Waals surface area contributed by atoms with Gasteiger partial charge in [-0.15, -0.1) is 0 Å². The lowest BCUT2D eigenvalue weighted by Crippen LogP contribution is -2.45. The molecule has 0 aliphatic carbocycles. The summed E-state index contributed by atoms with van der Waals surface area (Å²) in [6.45, 7) is 4.51. The Morgan fingerprint density at radius 1 is 0.554 bits per heavy atom. The molecule has 0 aromatic carbocycles. The number of aliphatic hydroxyl groups excluding tert-OH is 1.